The molecule has 0 aromatic carbocycles. The van der Waals surface area contributed by atoms with E-state index < -0.39 is 23.4 Å². The highest BCUT2D eigenvalue weighted by Gasteiger charge is 2.56. The Bertz CT molecular complexity index is 176. The van der Waals surface area contributed by atoms with Crippen LogP contribution in [0.3, 0.4) is 0 Å². The third-order valence-corrected chi connectivity index (χ3v) is 2.77. The molecule has 1 aliphatic heterocycles. The van der Waals surface area contributed by atoms with E-state index in [1.165, 1.54) is 6.92 Å². The van der Waals surface area contributed by atoms with Crippen molar-refractivity contribution in [3.8, 4) is 0 Å². The molecule has 1 rings (SSSR count). The van der Waals surface area contributed by atoms with Crippen LogP contribution in [0.5, 0.6) is 0 Å². The summed E-state index contributed by atoms with van der Waals surface area (Å²) in [6.45, 7) is 4.60. The van der Waals surface area contributed by atoms with Crippen LogP contribution in [-0.4, -0.2) is 45.3 Å². The van der Waals surface area contributed by atoms with Crippen LogP contribution >= 0.6 is 0 Å². The maximum absolute atomic E-state index is 9.81. The smallest absolute Gasteiger partial charge is 0.119 e. The van der Waals surface area contributed by atoms with Crippen LogP contribution in [0.1, 0.15) is 20.8 Å². The molecular weight excluding hydrogens is 160 g/mol. The maximum atomic E-state index is 9.81. The fourth-order valence-corrected chi connectivity index (χ4v) is 1.42. The predicted octanol–water partition coefficient (Wildman–Crippen LogP) is -0.732. The van der Waals surface area contributed by atoms with E-state index in [0.29, 0.717) is 0 Å². The van der Waals surface area contributed by atoms with Crippen molar-refractivity contribution in [1.29, 1.82) is 0 Å². The molecular formula is C8H16O4. The summed E-state index contributed by atoms with van der Waals surface area (Å²) in [5.74, 6) is 0. The summed E-state index contributed by atoms with van der Waals surface area (Å²) in [5, 5.41) is 28.1. The highest BCUT2D eigenvalue weighted by molar-refractivity contribution is 5.06. The van der Waals surface area contributed by atoms with Gasteiger partial charge in [0.2, 0.25) is 0 Å². The molecule has 0 bridgehead atoms. The summed E-state index contributed by atoms with van der Waals surface area (Å²) >= 11 is 0. The minimum atomic E-state index is -1.31. The minimum Gasteiger partial charge on any atom is -0.394 e. The molecule has 1 saturated heterocycles. The summed E-state index contributed by atoms with van der Waals surface area (Å²) in [6.07, 6.45) is -1.72. The minimum absolute atomic E-state index is 0.277. The summed E-state index contributed by atoms with van der Waals surface area (Å²) in [4.78, 5) is 0. The van der Waals surface area contributed by atoms with Crippen molar-refractivity contribution in [2.45, 2.75) is 44.2 Å². The molecule has 0 radical (unpaired) electrons. The lowest BCUT2D eigenvalue weighted by Gasteiger charge is -2.32. The Morgan fingerprint density at radius 3 is 2.00 bits per heavy atom. The number of aliphatic hydroxyl groups excluding tert-OH is 2. The molecule has 4 heteroatoms. The maximum Gasteiger partial charge on any atom is 0.119 e. The topological polar surface area (TPSA) is 69.9 Å². The van der Waals surface area contributed by atoms with Gasteiger partial charge in [0.05, 0.1) is 12.2 Å². The largest absolute Gasteiger partial charge is 0.394 e. The number of ether oxygens (including phenoxy) is 1. The highest BCUT2D eigenvalue weighted by Crippen LogP contribution is 2.38. The van der Waals surface area contributed by atoms with Crippen molar-refractivity contribution >= 4 is 0 Å². The molecule has 3 atom stereocenters. The Morgan fingerprint density at radius 2 is 1.83 bits per heavy atom. The third-order valence-electron chi connectivity index (χ3n) is 2.77. The molecule has 0 spiro atoms. The van der Waals surface area contributed by atoms with Gasteiger partial charge >= 0.3 is 0 Å². The molecule has 1 aliphatic rings. The Kier molecular flexibility index (Phi) is 2.21. The Balaban J connectivity index is 2.88. The van der Waals surface area contributed by atoms with Gasteiger partial charge in [0.15, 0.2) is 0 Å². The molecule has 12 heavy (non-hydrogen) atoms. The number of hydrogen-bond acceptors (Lipinski definition) is 4. The Morgan fingerprint density at radius 1 is 1.33 bits per heavy atom. The van der Waals surface area contributed by atoms with Gasteiger partial charge in [-0.1, -0.05) is 0 Å². The number of rotatable bonds is 1. The molecule has 0 aromatic heterocycles. The van der Waals surface area contributed by atoms with E-state index in [1.807, 2.05) is 0 Å². The van der Waals surface area contributed by atoms with Gasteiger partial charge in [-0.25, -0.2) is 0 Å². The Labute approximate surface area is 71.8 Å². The Hall–Kier alpha value is -0.160. The normalized spacial score (nSPS) is 46.5. The summed E-state index contributed by atoms with van der Waals surface area (Å²) < 4.78 is 5.28. The monoisotopic (exact) mass is 176 g/mol. The molecule has 1 fully saturated rings. The number of aliphatic hydroxyl groups is 3. The van der Waals surface area contributed by atoms with Crippen molar-refractivity contribution < 1.29 is 20.1 Å². The lowest BCUT2D eigenvalue weighted by Crippen LogP contribution is -2.50. The van der Waals surface area contributed by atoms with E-state index >= 15 is 0 Å². The zero-order valence-corrected chi connectivity index (χ0v) is 7.61. The van der Waals surface area contributed by atoms with Crippen molar-refractivity contribution in [1.82, 2.24) is 0 Å². The second kappa shape index (κ2) is 2.67. The van der Waals surface area contributed by atoms with Crippen molar-refractivity contribution in [3.05, 3.63) is 0 Å². The molecule has 1 heterocycles. The first-order chi connectivity index (χ1) is 5.33. The van der Waals surface area contributed by atoms with Crippen LogP contribution in [-0.2, 0) is 4.74 Å². The average molecular weight is 176 g/mol. The fourth-order valence-electron chi connectivity index (χ4n) is 1.42. The molecule has 4 nitrogen and oxygen atoms in total. The fraction of sp³-hybridized carbons (Fsp3) is 1.00. The zero-order chi connectivity index (χ0) is 9.57. The first-order valence-electron chi connectivity index (χ1n) is 4.02. The second-order valence-electron chi connectivity index (χ2n) is 3.94. The van der Waals surface area contributed by atoms with Gasteiger partial charge in [0.25, 0.3) is 0 Å². The summed E-state index contributed by atoms with van der Waals surface area (Å²) in [5.41, 5.74) is -2.12. The van der Waals surface area contributed by atoms with Crippen LogP contribution in [0.2, 0.25) is 0 Å². The molecule has 0 aliphatic carbocycles. The first kappa shape index (κ1) is 9.92. The van der Waals surface area contributed by atoms with Crippen LogP contribution < -0.4 is 0 Å². The lowest BCUT2D eigenvalue weighted by molar-refractivity contribution is -0.113. The van der Waals surface area contributed by atoms with Crippen LogP contribution in [0.4, 0.5) is 0 Å². The van der Waals surface area contributed by atoms with E-state index in [2.05, 4.69) is 0 Å². The quantitative estimate of drug-likeness (QED) is 0.492. The lowest BCUT2D eigenvalue weighted by atomic mass is 9.84. The van der Waals surface area contributed by atoms with Gasteiger partial charge in [0, 0.05) is 0 Å². The van der Waals surface area contributed by atoms with Crippen LogP contribution in [0.15, 0.2) is 0 Å². The van der Waals surface area contributed by atoms with Gasteiger partial charge < -0.3 is 20.1 Å². The van der Waals surface area contributed by atoms with Gasteiger partial charge in [-0.15, -0.1) is 0 Å². The van der Waals surface area contributed by atoms with Crippen LogP contribution in [0, 0.1) is 0 Å². The molecule has 0 amide bonds. The van der Waals surface area contributed by atoms with E-state index in [4.69, 9.17) is 9.84 Å². The standard InChI is InChI=1S/C8H16O4/c1-7(2)8(3,11)6(10)5(4-9)12-7/h5-6,9-11H,4H2,1-3H3/t5-,6+,8-/m1/s1. The van der Waals surface area contributed by atoms with E-state index in [-0.39, 0.29) is 6.61 Å². The third kappa shape index (κ3) is 1.15. The van der Waals surface area contributed by atoms with E-state index in [1.54, 1.807) is 13.8 Å². The van der Waals surface area contributed by atoms with Gasteiger partial charge in [-0.3, -0.25) is 0 Å². The van der Waals surface area contributed by atoms with Gasteiger partial charge in [-0.2, -0.15) is 0 Å². The first-order valence-corrected chi connectivity index (χ1v) is 4.02. The van der Waals surface area contributed by atoms with Crippen molar-refractivity contribution in [2.75, 3.05) is 6.61 Å². The van der Waals surface area contributed by atoms with Gasteiger partial charge in [-0.05, 0) is 20.8 Å². The molecule has 0 unspecified atom stereocenters. The summed E-state index contributed by atoms with van der Waals surface area (Å²) in [6, 6.07) is 0. The van der Waals surface area contributed by atoms with Gasteiger partial charge in [0.1, 0.15) is 17.8 Å². The molecule has 3 N–H and O–H groups in total. The predicted molar refractivity (Wildman–Crippen MR) is 42.7 cm³/mol. The second-order valence-corrected chi connectivity index (χ2v) is 3.94. The zero-order valence-electron chi connectivity index (χ0n) is 7.61. The van der Waals surface area contributed by atoms with E-state index in [0.717, 1.165) is 0 Å². The van der Waals surface area contributed by atoms with Crippen molar-refractivity contribution in [3.63, 3.8) is 0 Å². The molecule has 72 valence electrons. The highest BCUT2D eigenvalue weighted by atomic mass is 16.6. The number of hydrogen-bond donors (Lipinski definition) is 3. The molecule has 0 aromatic rings. The van der Waals surface area contributed by atoms with Crippen LogP contribution in [0.25, 0.3) is 0 Å². The SMILES string of the molecule is CC1(C)O[C@H](CO)[C@H](O)[C@@]1(C)O. The summed E-state index contributed by atoms with van der Waals surface area (Å²) in [7, 11) is 0. The van der Waals surface area contributed by atoms with Crippen molar-refractivity contribution in [2.24, 2.45) is 0 Å². The average Bonchev–Trinajstić information content (AvgIpc) is 2.11. The molecule has 0 saturated carbocycles. The van der Waals surface area contributed by atoms with E-state index in [9.17, 15) is 10.2 Å².